The van der Waals surface area contributed by atoms with Crippen LogP contribution in [0.15, 0.2) is 24.3 Å². The maximum Gasteiger partial charge on any atom is 0.328 e. The van der Waals surface area contributed by atoms with Crippen molar-refractivity contribution < 1.29 is 9.90 Å². The third-order valence-electron chi connectivity index (χ3n) is 3.37. The van der Waals surface area contributed by atoms with E-state index < -0.39 is 5.97 Å². The Morgan fingerprint density at radius 1 is 1.47 bits per heavy atom. The van der Waals surface area contributed by atoms with Crippen LogP contribution in [0.3, 0.4) is 0 Å². The van der Waals surface area contributed by atoms with Crippen molar-refractivity contribution in [2.45, 2.75) is 32.1 Å². The van der Waals surface area contributed by atoms with E-state index in [2.05, 4.69) is 13.8 Å². The predicted octanol–water partition coefficient (Wildman–Crippen LogP) is 3.88. The van der Waals surface area contributed by atoms with Gasteiger partial charge in [-0.1, -0.05) is 31.5 Å². The smallest absolute Gasteiger partial charge is 0.328 e. The van der Waals surface area contributed by atoms with Crippen molar-refractivity contribution in [1.82, 2.24) is 0 Å². The lowest BCUT2D eigenvalue weighted by Crippen LogP contribution is -2.23. The molecule has 1 aliphatic carbocycles. The van der Waals surface area contributed by atoms with Crippen molar-refractivity contribution in [3.05, 3.63) is 40.4 Å². The lowest BCUT2D eigenvalue weighted by molar-refractivity contribution is -0.131. The van der Waals surface area contributed by atoms with Crippen LogP contribution in [-0.2, 0) is 10.2 Å². The van der Waals surface area contributed by atoms with Crippen LogP contribution < -0.4 is 0 Å². The van der Waals surface area contributed by atoms with E-state index in [0.717, 1.165) is 24.0 Å². The fourth-order valence-corrected chi connectivity index (χ4v) is 2.56. The summed E-state index contributed by atoms with van der Waals surface area (Å²) in [5, 5.41) is 9.53. The van der Waals surface area contributed by atoms with Crippen molar-refractivity contribution in [2.24, 2.45) is 0 Å². The summed E-state index contributed by atoms with van der Waals surface area (Å²) in [6.07, 6.45) is 3.04. The fourth-order valence-electron chi connectivity index (χ4n) is 2.39. The third kappa shape index (κ3) is 2.37. The molecular weight excluding hydrogens is 236 g/mol. The quantitative estimate of drug-likeness (QED) is 0.768. The fraction of sp³-hybridized carbons (Fsp3) is 0.357. The molecular formula is C14H15ClO2. The molecule has 0 saturated heterocycles. The number of benzene rings is 1. The topological polar surface area (TPSA) is 37.3 Å². The molecule has 0 amide bonds. The summed E-state index contributed by atoms with van der Waals surface area (Å²) in [5.74, 6) is -0.898. The highest BCUT2D eigenvalue weighted by atomic mass is 35.5. The number of fused-ring (bicyclic) bond motifs is 1. The molecule has 0 fully saturated rings. The maximum atomic E-state index is 10.8. The molecule has 2 nitrogen and oxygen atoms in total. The molecule has 0 atom stereocenters. The van der Waals surface area contributed by atoms with Crippen molar-refractivity contribution in [1.29, 1.82) is 0 Å². The monoisotopic (exact) mass is 250 g/mol. The molecule has 0 spiro atoms. The second kappa shape index (κ2) is 4.19. The average Bonchev–Trinajstić information content (AvgIpc) is 2.22. The zero-order chi connectivity index (χ0) is 12.6. The molecule has 0 aliphatic heterocycles. The Kier molecular flexibility index (Phi) is 3.00. The van der Waals surface area contributed by atoms with E-state index in [1.165, 1.54) is 11.6 Å². The van der Waals surface area contributed by atoms with E-state index in [1.807, 2.05) is 18.2 Å². The highest BCUT2D eigenvalue weighted by Gasteiger charge is 2.29. The summed E-state index contributed by atoms with van der Waals surface area (Å²) in [7, 11) is 0. The first kappa shape index (κ1) is 12.2. The summed E-state index contributed by atoms with van der Waals surface area (Å²) >= 11 is 6.00. The minimum atomic E-state index is -0.898. The molecule has 3 heteroatoms. The Morgan fingerprint density at radius 2 is 2.18 bits per heavy atom. The number of aliphatic carboxylic acids is 1. The average molecular weight is 251 g/mol. The van der Waals surface area contributed by atoms with Gasteiger partial charge in [0, 0.05) is 11.1 Å². The van der Waals surface area contributed by atoms with Crippen LogP contribution in [0.4, 0.5) is 0 Å². The van der Waals surface area contributed by atoms with E-state index in [9.17, 15) is 4.79 Å². The standard InChI is InChI=1S/C14H15ClO2/c1-14(2)6-5-9(7-13(16)17)11-8-10(15)3-4-12(11)14/h3-4,7-8H,5-6H2,1-2H3,(H,16,17)/b9-7+. The van der Waals surface area contributed by atoms with Crippen molar-refractivity contribution in [3.63, 3.8) is 0 Å². The number of carbonyl (C=O) groups is 1. The number of carboxylic acids is 1. The highest BCUT2D eigenvalue weighted by molar-refractivity contribution is 6.30. The summed E-state index contributed by atoms with van der Waals surface area (Å²) < 4.78 is 0. The van der Waals surface area contributed by atoms with Crippen molar-refractivity contribution >= 4 is 23.1 Å². The van der Waals surface area contributed by atoms with Crippen LogP contribution in [-0.4, -0.2) is 11.1 Å². The van der Waals surface area contributed by atoms with Gasteiger partial charge in [0.2, 0.25) is 0 Å². The maximum absolute atomic E-state index is 10.8. The van der Waals surface area contributed by atoms with Crippen molar-refractivity contribution in [2.75, 3.05) is 0 Å². The van der Waals surface area contributed by atoms with Crippen LogP contribution in [0.1, 0.15) is 37.8 Å². The minimum Gasteiger partial charge on any atom is -0.478 e. The molecule has 0 aromatic heterocycles. The largest absolute Gasteiger partial charge is 0.478 e. The molecule has 0 radical (unpaired) electrons. The summed E-state index contributed by atoms with van der Waals surface area (Å²) in [5.41, 5.74) is 3.11. The first-order chi connectivity index (χ1) is 7.90. The van der Waals surface area contributed by atoms with Gasteiger partial charge >= 0.3 is 5.97 Å². The van der Waals surface area contributed by atoms with E-state index in [4.69, 9.17) is 16.7 Å². The Morgan fingerprint density at radius 3 is 2.82 bits per heavy atom. The van der Waals surface area contributed by atoms with E-state index >= 15 is 0 Å². The molecule has 17 heavy (non-hydrogen) atoms. The lowest BCUT2D eigenvalue weighted by Gasteiger charge is -2.34. The van der Waals surface area contributed by atoms with Gasteiger partial charge < -0.3 is 5.11 Å². The Balaban J connectivity index is 2.61. The lowest BCUT2D eigenvalue weighted by atomic mass is 9.71. The first-order valence-electron chi connectivity index (χ1n) is 5.64. The summed E-state index contributed by atoms with van der Waals surface area (Å²) in [6, 6.07) is 5.74. The highest BCUT2D eigenvalue weighted by Crippen LogP contribution is 2.42. The van der Waals surface area contributed by atoms with Gasteiger partial charge in [-0.25, -0.2) is 4.79 Å². The first-order valence-corrected chi connectivity index (χ1v) is 6.02. The molecule has 2 rings (SSSR count). The molecule has 1 aromatic rings. The van der Waals surface area contributed by atoms with Crippen LogP contribution in [0, 0.1) is 0 Å². The van der Waals surface area contributed by atoms with Crippen LogP contribution in [0.25, 0.3) is 5.57 Å². The Bertz CT molecular complexity index is 501. The van der Waals surface area contributed by atoms with E-state index in [1.54, 1.807) is 0 Å². The van der Waals surface area contributed by atoms with Gasteiger partial charge in [0.1, 0.15) is 0 Å². The van der Waals surface area contributed by atoms with Gasteiger partial charge in [-0.2, -0.15) is 0 Å². The van der Waals surface area contributed by atoms with E-state index in [0.29, 0.717) is 5.02 Å². The molecule has 0 unspecified atom stereocenters. The normalized spacial score (nSPS) is 20.1. The SMILES string of the molecule is CC1(C)CC/C(=C\C(=O)O)c2cc(Cl)ccc21. The van der Waals surface area contributed by atoms with Gasteiger partial charge in [0.05, 0.1) is 0 Å². The van der Waals surface area contributed by atoms with Gasteiger partial charge in [-0.15, -0.1) is 0 Å². The molecule has 1 N–H and O–H groups in total. The van der Waals surface area contributed by atoms with Crippen LogP contribution >= 0.6 is 11.6 Å². The number of rotatable bonds is 1. The summed E-state index contributed by atoms with van der Waals surface area (Å²) in [4.78, 5) is 10.8. The van der Waals surface area contributed by atoms with Crippen LogP contribution in [0.5, 0.6) is 0 Å². The van der Waals surface area contributed by atoms with Crippen molar-refractivity contribution in [3.8, 4) is 0 Å². The second-order valence-electron chi connectivity index (χ2n) is 5.08. The molecule has 90 valence electrons. The zero-order valence-corrected chi connectivity index (χ0v) is 10.7. The molecule has 0 heterocycles. The van der Waals surface area contributed by atoms with E-state index in [-0.39, 0.29) is 5.41 Å². The Labute approximate surface area is 106 Å². The van der Waals surface area contributed by atoms with Gasteiger partial charge in [-0.05, 0) is 47.1 Å². The molecule has 1 aromatic carbocycles. The minimum absolute atomic E-state index is 0.0791. The molecule has 1 aliphatic rings. The van der Waals surface area contributed by atoms with Gasteiger partial charge in [0.15, 0.2) is 0 Å². The predicted molar refractivity (Wildman–Crippen MR) is 69.3 cm³/mol. The molecule has 0 bridgehead atoms. The van der Waals surface area contributed by atoms with Gasteiger partial charge in [0.25, 0.3) is 0 Å². The number of carboxylic acid groups (broad SMARTS) is 1. The number of allylic oxidation sites excluding steroid dienone is 1. The zero-order valence-electron chi connectivity index (χ0n) is 9.96. The van der Waals surface area contributed by atoms with Crippen LogP contribution in [0.2, 0.25) is 5.02 Å². The summed E-state index contributed by atoms with van der Waals surface area (Å²) in [6.45, 7) is 4.36. The number of hydrogen-bond acceptors (Lipinski definition) is 1. The molecule has 0 saturated carbocycles. The third-order valence-corrected chi connectivity index (χ3v) is 3.61. The number of hydrogen-bond donors (Lipinski definition) is 1. The van der Waals surface area contributed by atoms with Gasteiger partial charge in [-0.3, -0.25) is 0 Å². The number of halogens is 1. The second-order valence-corrected chi connectivity index (χ2v) is 5.52. The Hall–Kier alpha value is -1.28.